The number of aromatic nitrogens is 4. The molecule has 0 saturated carbocycles. The number of carbonyl (C=O) groups excluding carboxylic acids is 1. The molecular weight excluding hydrogens is 409 g/mol. The number of H-pyrrole nitrogens is 1. The lowest BCUT2D eigenvalue weighted by Gasteiger charge is -2.35. The maximum absolute atomic E-state index is 14.3. The lowest BCUT2D eigenvalue weighted by atomic mass is 9.96. The molecule has 0 radical (unpaired) electrons. The number of nitrogens with one attached hydrogen (secondary N) is 1. The van der Waals surface area contributed by atoms with Gasteiger partial charge in [0.25, 0.3) is 0 Å². The van der Waals surface area contributed by atoms with Gasteiger partial charge in [0.15, 0.2) is 0 Å². The van der Waals surface area contributed by atoms with Crippen LogP contribution in [0.25, 0.3) is 17.1 Å². The van der Waals surface area contributed by atoms with Gasteiger partial charge in [-0.1, -0.05) is 0 Å². The summed E-state index contributed by atoms with van der Waals surface area (Å²) in [5.74, 6) is -0.215. The van der Waals surface area contributed by atoms with Gasteiger partial charge in [-0.15, -0.1) is 0 Å². The molecule has 3 aromatic rings. The van der Waals surface area contributed by atoms with Crippen LogP contribution < -0.4 is 0 Å². The van der Waals surface area contributed by atoms with Crippen LogP contribution in [-0.2, 0) is 11.2 Å². The number of rotatable bonds is 2. The SMILES string of the molecule is Cc1cc(-n2nc3c(c2-c2nc[nH]c2C)[C@H](C)N(C(=O)OC(C)(C)C)CC3)cc(C)c1F. The summed E-state index contributed by atoms with van der Waals surface area (Å²) >= 11 is 0. The highest BCUT2D eigenvalue weighted by atomic mass is 19.1. The van der Waals surface area contributed by atoms with E-state index >= 15 is 0 Å². The number of halogens is 1. The molecule has 32 heavy (non-hydrogen) atoms. The van der Waals surface area contributed by atoms with Gasteiger partial charge in [-0.25, -0.2) is 18.9 Å². The Kier molecular flexibility index (Phi) is 5.35. The quantitative estimate of drug-likeness (QED) is 0.597. The van der Waals surface area contributed by atoms with Gasteiger partial charge in [0, 0.05) is 24.2 Å². The number of imidazole rings is 1. The van der Waals surface area contributed by atoms with Crippen molar-refractivity contribution in [2.75, 3.05) is 6.54 Å². The first-order chi connectivity index (χ1) is 15.0. The Morgan fingerprint density at radius 1 is 1.22 bits per heavy atom. The smallest absolute Gasteiger partial charge is 0.410 e. The minimum atomic E-state index is -0.577. The van der Waals surface area contributed by atoms with Crippen LogP contribution >= 0.6 is 0 Å². The van der Waals surface area contributed by atoms with Crippen LogP contribution in [0.4, 0.5) is 9.18 Å². The Labute approximate surface area is 187 Å². The van der Waals surface area contributed by atoms with Crippen molar-refractivity contribution in [3.8, 4) is 17.1 Å². The molecule has 1 aromatic carbocycles. The van der Waals surface area contributed by atoms with Crippen LogP contribution in [0.15, 0.2) is 18.5 Å². The highest BCUT2D eigenvalue weighted by Crippen LogP contribution is 2.39. The van der Waals surface area contributed by atoms with Gasteiger partial charge in [-0.2, -0.15) is 5.10 Å². The van der Waals surface area contributed by atoms with E-state index in [9.17, 15) is 9.18 Å². The summed E-state index contributed by atoms with van der Waals surface area (Å²) in [6.07, 6.45) is 1.90. The summed E-state index contributed by atoms with van der Waals surface area (Å²) in [5.41, 5.74) is 5.62. The molecular formula is C24H30FN5O2. The fourth-order valence-electron chi connectivity index (χ4n) is 4.30. The van der Waals surface area contributed by atoms with Crippen molar-refractivity contribution in [3.05, 3.63) is 52.4 Å². The van der Waals surface area contributed by atoms with E-state index in [0.717, 1.165) is 34.0 Å². The number of carbonyl (C=O) groups is 1. The molecule has 1 atom stereocenters. The lowest BCUT2D eigenvalue weighted by Crippen LogP contribution is -2.42. The molecule has 4 rings (SSSR count). The highest BCUT2D eigenvalue weighted by Gasteiger charge is 2.37. The zero-order chi connectivity index (χ0) is 23.4. The minimum absolute atomic E-state index is 0.215. The van der Waals surface area contributed by atoms with E-state index in [2.05, 4.69) is 9.97 Å². The highest BCUT2D eigenvalue weighted by molar-refractivity contribution is 5.72. The number of amides is 1. The normalized spacial score (nSPS) is 16.2. The van der Waals surface area contributed by atoms with Crippen LogP contribution in [0.5, 0.6) is 0 Å². The molecule has 3 heterocycles. The Bertz CT molecular complexity index is 1160. The average Bonchev–Trinajstić information content (AvgIpc) is 3.27. The third-order valence-corrected chi connectivity index (χ3v) is 5.82. The van der Waals surface area contributed by atoms with Gasteiger partial charge >= 0.3 is 6.09 Å². The van der Waals surface area contributed by atoms with Crippen molar-refractivity contribution in [3.63, 3.8) is 0 Å². The summed E-state index contributed by atoms with van der Waals surface area (Å²) in [4.78, 5) is 22.3. The van der Waals surface area contributed by atoms with Crippen LogP contribution in [-0.4, -0.2) is 42.9 Å². The molecule has 0 saturated heterocycles. The lowest BCUT2D eigenvalue weighted by molar-refractivity contribution is 0.0160. The molecule has 0 fully saturated rings. The number of ether oxygens (including phenoxy) is 1. The van der Waals surface area contributed by atoms with Crippen LogP contribution in [0, 0.1) is 26.6 Å². The second kappa shape index (κ2) is 7.76. The van der Waals surface area contributed by atoms with Gasteiger partial charge in [0.1, 0.15) is 17.1 Å². The number of aryl methyl sites for hydroxylation is 3. The fourth-order valence-corrected chi connectivity index (χ4v) is 4.30. The van der Waals surface area contributed by atoms with Crippen molar-refractivity contribution in [1.82, 2.24) is 24.6 Å². The van der Waals surface area contributed by atoms with Gasteiger partial charge in [-0.3, -0.25) is 0 Å². The Morgan fingerprint density at radius 2 is 1.88 bits per heavy atom. The Balaban J connectivity index is 1.89. The first-order valence-corrected chi connectivity index (χ1v) is 10.9. The van der Waals surface area contributed by atoms with Crippen molar-refractivity contribution in [2.24, 2.45) is 0 Å². The summed E-state index contributed by atoms with van der Waals surface area (Å²) in [7, 11) is 0. The van der Waals surface area contributed by atoms with E-state index in [4.69, 9.17) is 9.84 Å². The topological polar surface area (TPSA) is 76.0 Å². The molecule has 0 spiro atoms. The molecule has 8 heteroatoms. The fraction of sp³-hybridized carbons (Fsp3) is 0.458. The van der Waals surface area contributed by atoms with E-state index in [1.807, 2.05) is 39.3 Å². The van der Waals surface area contributed by atoms with E-state index < -0.39 is 5.60 Å². The molecule has 7 nitrogen and oxygen atoms in total. The van der Waals surface area contributed by atoms with Crippen molar-refractivity contribution in [1.29, 1.82) is 0 Å². The van der Waals surface area contributed by atoms with Crippen LogP contribution in [0.3, 0.4) is 0 Å². The van der Waals surface area contributed by atoms with Crippen LogP contribution in [0.1, 0.15) is 61.8 Å². The number of fused-ring (bicyclic) bond motifs is 1. The molecule has 0 unspecified atom stereocenters. The zero-order valence-corrected chi connectivity index (χ0v) is 19.7. The van der Waals surface area contributed by atoms with E-state index in [1.165, 1.54) is 0 Å². The molecule has 1 amide bonds. The summed E-state index contributed by atoms with van der Waals surface area (Å²) < 4.78 is 21.8. The molecule has 0 aliphatic carbocycles. The Hall–Kier alpha value is -3.16. The van der Waals surface area contributed by atoms with E-state index in [0.29, 0.717) is 24.1 Å². The monoisotopic (exact) mass is 439 g/mol. The summed E-state index contributed by atoms with van der Waals surface area (Å²) in [6, 6.07) is 3.33. The number of aromatic amines is 1. The first-order valence-electron chi connectivity index (χ1n) is 10.9. The van der Waals surface area contributed by atoms with Gasteiger partial charge in [0.2, 0.25) is 0 Å². The first kappa shape index (κ1) is 22.0. The van der Waals surface area contributed by atoms with E-state index in [-0.39, 0.29) is 18.0 Å². The molecule has 170 valence electrons. The number of hydrogen-bond acceptors (Lipinski definition) is 4. The predicted molar refractivity (Wildman–Crippen MR) is 120 cm³/mol. The predicted octanol–water partition coefficient (Wildman–Crippen LogP) is 5.18. The molecule has 2 aromatic heterocycles. The standard InChI is InChI=1S/C24H30FN5O2/c1-13-10-17(11-14(2)20(13)25)30-22(21-15(3)26-12-27-21)19-16(4)29(9-8-18(19)28-30)23(31)32-24(5,6)7/h10-12,16H,8-9H2,1-7H3,(H,26,27)/t16-/m0/s1. The minimum Gasteiger partial charge on any atom is -0.444 e. The molecule has 1 aliphatic rings. The van der Waals surface area contributed by atoms with Gasteiger partial charge in [-0.05, 0) is 71.7 Å². The zero-order valence-electron chi connectivity index (χ0n) is 19.7. The third-order valence-electron chi connectivity index (χ3n) is 5.82. The summed E-state index contributed by atoms with van der Waals surface area (Å²) in [5, 5.41) is 4.91. The van der Waals surface area contributed by atoms with Gasteiger partial charge < -0.3 is 14.6 Å². The van der Waals surface area contributed by atoms with Crippen molar-refractivity contribution < 1.29 is 13.9 Å². The molecule has 1 N–H and O–H groups in total. The van der Waals surface area contributed by atoms with Gasteiger partial charge in [0.05, 0.1) is 29.4 Å². The Morgan fingerprint density at radius 3 is 2.44 bits per heavy atom. The second-order valence-electron chi connectivity index (χ2n) is 9.49. The second-order valence-corrected chi connectivity index (χ2v) is 9.49. The largest absolute Gasteiger partial charge is 0.444 e. The molecule has 1 aliphatic heterocycles. The number of benzene rings is 1. The van der Waals surface area contributed by atoms with Crippen molar-refractivity contribution >= 4 is 6.09 Å². The molecule has 0 bridgehead atoms. The summed E-state index contributed by atoms with van der Waals surface area (Å²) in [6.45, 7) is 13.5. The average molecular weight is 440 g/mol. The third kappa shape index (κ3) is 3.78. The number of hydrogen-bond donors (Lipinski definition) is 1. The maximum Gasteiger partial charge on any atom is 0.410 e. The van der Waals surface area contributed by atoms with Crippen molar-refractivity contribution in [2.45, 2.75) is 66.5 Å². The number of nitrogens with zero attached hydrogens (tertiary/aromatic N) is 4. The van der Waals surface area contributed by atoms with E-state index in [1.54, 1.807) is 37.2 Å². The maximum atomic E-state index is 14.3. The van der Waals surface area contributed by atoms with Crippen LogP contribution in [0.2, 0.25) is 0 Å².